The van der Waals surface area contributed by atoms with Gasteiger partial charge in [-0.25, -0.2) is 14.8 Å². The maximum Gasteiger partial charge on any atom is 0.333 e. The van der Waals surface area contributed by atoms with E-state index in [-0.39, 0.29) is 5.97 Å². The van der Waals surface area contributed by atoms with Crippen LogP contribution >= 0.6 is 0 Å². The van der Waals surface area contributed by atoms with E-state index in [1.807, 2.05) is 43.3 Å². The van der Waals surface area contributed by atoms with Crippen LogP contribution < -0.4 is 5.32 Å². The molecule has 0 radical (unpaired) electrons. The van der Waals surface area contributed by atoms with Gasteiger partial charge in [0.1, 0.15) is 12.1 Å². The summed E-state index contributed by atoms with van der Waals surface area (Å²) in [7, 11) is 1.37. The van der Waals surface area contributed by atoms with E-state index in [0.717, 1.165) is 17.7 Å². The zero-order chi connectivity index (χ0) is 14.4. The lowest BCUT2D eigenvalue weighted by molar-refractivity contribution is -0.141. The SMILES string of the molecule is CCc1cc(NC(C(=O)OC)c2ccccc2)ncn1. The maximum atomic E-state index is 11.9. The fourth-order valence-electron chi connectivity index (χ4n) is 1.86. The normalized spacial score (nSPS) is 11.7. The first-order valence-corrected chi connectivity index (χ1v) is 6.44. The molecule has 1 heterocycles. The maximum absolute atomic E-state index is 11.9. The van der Waals surface area contributed by atoms with Gasteiger partial charge < -0.3 is 10.1 Å². The third-order valence-corrected chi connectivity index (χ3v) is 2.95. The average Bonchev–Trinajstić information content (AvgIpc) is 2.53. The van der Waals surface area contributed by atoms with E-state index in [1.54, 1.807) is 0 Å². The molecule has 0 spiro atoms. The first kappa shape index (κ1) is 14.0. The number of hydrogen-bond acceptors (Lipinski definition) is 5. The fourth-order valence-corrected chi connectivity index (χ4v) is 1.86. The minimum atomic E-state index is -0.583. The number of nitrogens with one attached hydrogen (secondary N) is 1. The van der Waals surface area contributed by atoms with E-state index < -0.39 is 6.04 Å². The molecule has 2 rings (SSSR count). The molecule has 1 aromatic carbocycles. The van der Waals surface area contributed by atoms with Crippen molar-refractivity contribution >= 4 is 11.8 Å². The van der Waals surface area contributed by atoms with Gasteiger partial charge in [-0.1, -0.05) is 37.3 Å². The number of esters is 1. The largest absolute Gasteiger partial charge is 0.467 e. The van der Waals surface area contributed by atoms with Crippen LogP contribution in [0.25, 0.3) is 0 Å². The van der Waals surface area contributed by atoms with Crippen LogP contribution in [0.15, 0.2) is 42.7 Å². The van der Waals surface area contributed by atoms with E-state index in [9.17, 15) is 4.79 Å². The first-order valence-electron chi connectivity index (χ1n) is 6.44. The molecule has 2 aromatic rings. The number of nitrogens with zero attached hydrogens (tertiary/aromatic N) is 2. The van der Waals surface area contributed by atoms with Gasteiger partial charge in [-0.2, -0.15) is 0 Å². The average molecular weight is 271 g/mol. The third kappa shape index (κ3) is 3.32. The Hall–Kier alpha value is -2.43. The Labute approximate surface area is 118 Å². The van der Waals surface area contributed by atoms with Crippen molar-refractivity contribution in [2.45, 2.75) is 19.4 Å². The van der Waals surface area contributed by atoms with Crippen molar-refractivity contribution in [3.05, 3.63) is 54.0 Å². The first-order chi connectivity index (χ1) is 9.74. The van der Waals surface area contributed by atoms with Crippen molar-refractivity contribution < 1.29 is 9.53 Å². The molecule has 1 aromatic heterocycles. The highest BCUT2D eigenvalue weighted by molar-refractivity contribution is 5.80. The van der Waals surface area contributed by atoms with Crippen molar-refractivity contribution in [2.75, 3.05) is 12.4 Å². The van der Waals surface area contributed by atoms with Gasteiger partial charge in [-0.15, -0.1) is 0 Å². The molecule has 0 aliphatic rings. The van der Waals surface area contributed by atoms with Crippen LogP contribution in [0.2, 0.25) is 0 Å². The standard InChI is InChI=1S/C15H17N3O2/c1-3-12-9-13(17-10-16-12)18-14(15(19)20-2)11-7-5-4-6-8-11/h4-10,14H,3H2,1-2H3,(H,16,17,18). The molecule has 1 N–H and O–H groups in total. The Balaban J connectivity index is 2.26. The number of aromatic nitrogens is 2. The minimum Gasteiger partial charge on any atom is -0.467 e. The van der Waals surface area contributed by atoms with Crippen LogP contribution in [-0.4, -0.2) is 23.0 Å². The highest BCUT2D eigenvalue weighted by Crippen LogP contribution is 2.19. The van der Waals surface area contributed by atoms with Crippen molar-refractivity contribution in [2.24, 2.45) is 0 Å². The Bertz CT molecular complexity index is 572. The molecule has 0 saturated heterocycles. The molecule has 5 nitrogen and oxygen atoms in total. The van der Waals surface area contributed by atoms with Gasteiger partial charge in [-0.05, 0) is 12.0 Å². The van der Waals surface area contributed by atoms with E-state index in [2.05, 4.69) is 15.3 Å². The molecule has 0 aliphatic heterocycles. The summed E-state index contributed by atoms with van der Waals surface area (Å²) in [5.41, 5.74) is 1.75. The number of methoxy groups -OCH3 is 1. The summed E-state index contributed by atoms with van der Waals surface area (Å²) in [4.78, 5) is 20.2. The second-order valence-electron chi connectivity index (χ2n) is 4.26. The van der Waals surface area contributed by atoms with Crippen LogP contribution in [0.1, 0.15) is 24.2 Å². The third-order valence-electron chi connectivity index (χ3n) is 2.95. The number of carbonyl (C=O) groups excluding carboxylic acids is 1. The molecule has 0 bridgehead atoms. The topological polar surface area (TPSA) is 64.1 Å². The second-order valence-corrected chi connectivity index (χ2v) is 4.26. The summed E-state index contributed by atoms with van der Waals surface area (Å²) in [6.45, 7) is 2.01. The molecule has 1 unspecified atom stereocenters. The molecule has 1 atom stereocenters. The summed E-state index contributed by atoms with van der Waals surface area (Å²) >= 11 is 0. The van der Waals surface area contributed by atoms with Gasteiger partial charge in [0.25, 0.3) is 0 Å². The lowest BCUT2D eigenvalue weighted by Gasteiger charge is -2.17. The Morgan fingerprint density at radius 2 is 2.05 bits per heavy atom. The zero-order valence-corrected chi connectivity index (χ0v) is 11.5. The van der Waals surface area contributed by atoms with Crippen molar-refractivity contribution in [1.82, 2.24) is 9.97 Å². The Morgan fingerprint density at radius 1 is 1.30 bits per heavy atom. The van der Waals surface area contributed by atoms with E-state index in [0.29, 0.717) is 5.82 Å². The van der Waals surface area contributed by atoms with Gasteiger partial charge in [0.2, 0.25) is 0 Å². The van der Waals surface area contributed by atoms with Crippen LogP contribution in [-0.2, 0) is 16.0 Å². The Morgan fingerprint density at radius 3 is 2.70 bits per heavy atom. The predicted octanol–water partition coefficient (Wildman–Crippen LogP) is 2.37. The Kier molecular flexibility index (Phi) is 4.65. The lowest BCUT2D eigenvalue weighted by atomic mass is 10.1. The molecule has 104 valence electrons. The van der Waals surface area contributed by atoms with Gasteiger partial charge in [0.05, 0.1) is 7.11 Å². The number of aryl methyl sites for hydroxylation is 1. The summed E-state index contributed by atoms with van der Waals surface area (Å²) in [6, 6.07) is 10.7. The summed E-state index contributed by atoms with van der Waals surface area (Å²) < 4.78 is 4.85. The molecule has 5 heteroatoms. The number of carbonyl (C=O) groups is 1. The zero-order valence-electron chi connectivity index (χ0n) is 11.5. The van der Waals surface area contributed by atoms with Crippen LogP contribution in [0, 0.1) is 0 Å². The highest BCUT2D eigenvalue weighted by Gasteiger charge is 2.21. The number of benzene rings is 1. The van der Waals surface area contributed by atoms with Crippen molar-refractivity contribution in [3.8, 4) is 0 Å². The van der Waals surface area contributed by atoms with E-state index in [1.165, 1.54) is 13.4 Å². The van der Waals surface area contributed by atoms with E-state index in [4.69, 9.17) is 4.74 Å². The number of anilines is 1. The van der Waals surface area contributed by atoms with Crippen molar-refractivity contribution in [3.63, 3.8) is 0 Å². The fraction of sp³-hybridized carbons (Fsp3) is 0.267. The number of ether oxygens (including phenoxy) is 1. The molecule has 0 aliphatic carbocycles. The molecular weight excluding hydrogens is 254 g/mol. The monoisotopic (exact) mass is 271 g/mol. The quantitative estimate of drug-likeness (QED) is 0.846. The smallest absolute Gasteiger partial charge is 0.333 e. The van der Waals surface area contributed by atoms with Gasteiger partial charge in [0.15, 0.2) is 6.04 Å². The predicted molar refractivity (Wildman–Crippen MR) is 76.2 cm³/mol. The van der Waals surface area contributed by atoms with Crippen LogP contribution in [0.4, 0.5) is 5.82 Å². The molecule has 0 fully saturated rings. The summed E-state index contributed by atoms with van der Waals surface area (Å²) in [5.74, 6) is 0.254. The molecule has 0 saturated carbocycles. The molecule has 0 amide bonds. The summed E-state index contributed by atoms with van der Waals surface area (Å²) in [5, 5.41) is 3.10. The van der Waals surface area contributed by atoms with Crippen molar-refractivity contribution in [1.29, 1.82) is 0 Å². The van der Waals surface area contributed by atoms with Crippen LogP contribution in [0.5, 0.6) is 0 Å². The van der Waals surface area contributed by atoms with E-state index >= 15 is 0 Å². The number of rotatable bonds is 5. The van der Waals surface area contributed by atoms with Gasteiger partial charge in [0, 0.05) is 11.8 Å². The summed E-state index contributed by atoms with van der Waals surface area (Å²) in [6.07, 6.45) is 2.30. The number of hydrogen-bond donors (Lipinski definition) is 1. The minimum absolute atomic E-state index is 0.354. The molecular formula is C15H17N3O2. The molecule has 20 heavy (non-hydrogen) atoms. The second kappa shape index (κ2) is 6.65. The highest BCUT2D eigenvalue weighted by atomic mass is 16.5. The van der Waals surface area contributed by atoms with Gasteiger partial charge in [-0.3, -0.25) is 0 Å². The van der Waals surface area contributed by atoms with Gasteiger partial charge >= 0.3 is 5.97 Å². The van der Waals surface area contributed by atoms with Crippen LogP contribution in [0.3, 0.4) is 0 Å². The lowest BCUT2D eigenvalue weighted by Crippen LogP contribution is -2.22.